The maximum Gasteiger partial charge on any atom is 0.375 e. The first kappa shape index (κ1) is 19.5. The second-order valence-electron chi connectivity index (χ2n) is 6.66. The molecule has 1 aliphatic heterocycles. The topological polar surface area (TPSA) is 99.1 Å². The van der Waals surface area contributed by atoms with Crippen LogP contribution in [0, 0.1) is 3.57 Å². The predicted molar refractivity (Wildman–Crippen MR) is 107 cm³/mol. The molecule has 1 fully saturated rings. The van der Waals surface area contributed by atoms with Gasteiger partial charge in [-0.15, -0.1) is 0 Å². The minimum atomic E-state index is -4.32. The maximum atomic E-state index is 12.4. The van der Waals surface area contributed by atoms with Crippen molar-refractivity contribution in [1.82, 2.24) is 0 Å². The van der Waals surface area contributed by atoms with Crippen LogP contribution < -0.4 is 9.47 Å². The predicted octanol–water partition coefficient (Wildman–Crippen LogP) is 3.51. The lowest BCUT2D eigenvalue weighted by molar-refractivity contribution is -0.158. The summed E-state index contributed by atoms with van der Waals surface area (Å²) in [6.45, 7) is 0. The lowest BCUT2D eigenvalue weighted by Gasteiger charge is -2.17. The van der Waals surface area contributed by atoms with Crippen LogP contribution in [0.5, 0.6) is 11.5 Å². The molecule has 7 nitrogen and oxygen atoms in total. The molecular formula is C19H17IO7S. The first-order chi connectivity index (χ1) is 13.3. The highest BCUT2D eigenvalue weighted by Gasteiger charge is 2.40. The summed E-state index contributed by atoms with van der Waals surface area (Å²) in [6, 6.07) is 11.1. The van der Waals surface area contributed by atoms with E-state index < -0.39 is 22.4 Å². The number of benzene rings is 2. The summed E-state index contributed by atoms with van der Waals surface area (Å²) in [5, 5.41) is 9.44. The minimum Gasteiger partial charge on any atom is -0.486 e. The second-order valence-corrected chi connectivity index (χ2v) is 9.48. The molecule has 3 atom stereocenters. The first-order valence-corrected chi connectivity index (χ1v) is 11.2. The van der Waals surface area contributed by atoms with E-state index in [1.54, 1.807) is 24.3 Å². The van der Waals surface area contributed by atoms with Gasteiger partial charge in [0.1, 0.15) is 6.10 Å². The van der Waals surface area contributed by atoms with Gasteiger partial charge in [-0.25, -0.2) is 8.98 Å². The molecule has 1 N–H and O–H groups in total. The van der Waals surface area contributed by atoms with Crippen molar-refractivity contribution in [3.63, 3.8) is 0 Å². The van der Waals surface area contributed by atoms with E-state index in [0.29, 0.717) is 5.75 Å². The molecule has 9 heteroatoms. The number of hydrogen-bond donors (Lipinski definition) is 1. The van der Waals surface area contributed by atoms with Crippen molar-refractivity contribution in [3.05, 3.63) is 51.6 Å². The monoisotopic (exact) mass is 516 g/mol. The van der Waals surface area contributed by atoms with Gasteiger partial charge in [-0.1, -0.05) is 12.1 Å². The molecule has 28 heavy (non-hydrogen) atoms. The second kappa shape index (κ2) is 7.53. The number of carbonyl (C=O) groups is 1. The van der Waals surface area contributed by atoms with Crippen LogP contribution in [0.1, 0.15) is 30.7 Å². The van der Waals surface area contributed by atoms with E-state index in [0.717, 1.165) is 28.4 Å². The van der Waals surface area contributed by atoms with Gasteiger partial charge in [0.05, 0.1) is 4.90 Å². The van der Waals surface area contributed by atoms with E-state index in [1.165, 1.54) is 12.1 Å². The Bertz CT molecular complexity index is 1000. The van der Waals surface area contributed by atoms with Crippen molar-refractivity contribution in [3.8, 4) is 11.5 Å². The van der Waals surface area contributed by atoms with E-state index in [-0.39, 0.29) is 22.7 Å². The van der Waals surface area contributed by atoms with Gasteiger partial charge < -0.3 is 14.6 Å². The Morgan fingerprint density at radius 3 is 2.64 bits per heavy atom. The molecule has 0 saturated heterocycles. The fourth-order valence-corrected chi connectivity index (χ4v) is 4.91. The van der Waals surface area contributed by atoms with Crippen LogP contribution in [0.25, 0.3) is 0 Å². The van der Waals surface area contributed by atoms with Gasteiger partial charge in [-0.05, 0) is 72.2 Å². The van der Waals surface area contributed by atoms with E-state index in [1.807, 2.05) is 28.7 Å². The van der Waals surface area contributed by atoms with Gasteiger partial charge in [-0.3, -0.25) is 0 Å². The summed E-state index contributed by atoms with van der Waals surface area (Å²) in [5.74, 6) is -0.654. The van der Waals surface area contributed by atoms with Crippen molar-refractivity contribution >= 4 is 38.7 Å². The quantitative estimate of drug-likeness (QED) is 0.357. The summed E-state index contributed by atoms with van der Waals surface area (Å²) >= 11 is 2.04. The van der Waals surface area contributed by atoms with Crippen LogP contribution in [-0.2, 0) is 19.1 Å². The molecule has 2 aliphatic rings. The maximum absolute atomic E-state index is 12.4. The highest BCUT2D eigenvalue weighted by molar-refractivity contribution is 14.1. The average molecular weight is 516 g/mol. The zero-order chi connectivity index (χ0) is 19.9. The summed E-state index contributed by atoms with van der Waals surface area (Å²) < 4.78 is 42.0. The Balaban J connectivity index is 1.58. The Kier molecular flexibility index (Phi) is 5.23. The Hall–Kier alpha value is -1.85. The number of para-hydroxylation sites is 1. The lowest BCUT2D eigenvalue weighted by atomic mass is 9.97. The van der Waals surface area contributed by atoms with Gasteiger partial charge in [0.2, 0.25) is 0 Å². The van der Waals surface area contributed by atoms with Crippen molar-refractivity contribution in [1.29, 1.82) is 0 Å². The molecule has 0 aromatic heterocycles. The zero-order valence-electron chi connectivity index (χ0n) is 14.6. The molecule has 0 radical (unpaired) electrons. The number of ether oxygens (including phenoxy) is 2. The van der Waals surface area contributed by atoms with Crippen molar-refractivity contribution in [2.45, 2.75) is 42.5 Å². The average Bonchev–Trinajstić information content (AvgIpc) is 3.23. The molecule has 2 aromatic rings. The van der Waals surface area contributed by atoms with Crippen molar-refractivity contribution in [2.75, 3.05) is 0 Å². The normalized spacial score (nSPS) is 21.5. The molecule has 3 unspecified atom stereocenters. The van der Waals surface area contributed by atoms with Crippen LogP contribution in [0.15, 0.2) is 47.4 Å². The standard InChI is InChI=1S/C19H17IO7S/c20-11-7-9-12(10-8-11)28(23,24)27-19(18(21)22)26-16-6-2-4-14-13-3-1-5-15(13)25-17(14)16/h2,4,6-10,13,15,19H,1,3,5H2,(H,21,22). The third-order valence-corrected chi connectivity index (χ3v) is 6.88. The molecule has 0 amide bonds. The van der Waals surface area contributed by atoms with Gasteiger partial charge in [0.25, 0.3) is 0 Å². The van der Waals surface area contributed by atoms with Gasteiger partial charge >= 0.3 is 22.4 Å². The molecule has 1 aliphatic carbocycles. The van der Waals surface area contributed by atoms with Gasteiger partial charge in [0.15, 0.2) is 11.5 Å². The Morgan fingerprint density at radius 2 is 1.93 bits per heavy atom. The Labute approximate surface area is 175 Å². The fourth-order valence-electron chi connectivity index (χ4n) is 3.62. The third-order valence-electron chi connectivity index (χ3n) is 4.88. The van der Waals surface area contributed by atoms with E-state index >= 15 is 0 Å². The van der Waals surface area contributed by atoms with Crippen LogP contribution >= 0.6 is 22.6 Å². The smallest absolute Gasteiger partial charge is 0.375 e. The number of rotatable bonds is 6. The molecule has 148 valence electrons. The number of aliphatic carboxylic acids is 1. The van der Waals surface area contributed by atoms with Gasteiger partial charge in [0, 0.05) is 15.1 Å². The molecule has 4 rings (SSSR count). The molecule has 0 spiro atoms. The lowest BCUT2D eigenvalue weighted by Crippen LogP contribution is -2.32. The number of carboxylic acids is 1. The third kappa shape index (κ3) is 3.70. The molecule has 1 heterocycles. The van der Waals surface area contributed by atoms with Crippen LogP contribution in [0.4, 0.5) is 0 Å². The number of fused-ring (bicyclic) bond motifs is 3. The van der Waals surface area contributed by atoms with E-state index in [2.05, 4.69) is 0 Å². The minimum absolute atomic E-state index is 0.0551. The van der Waals surface area contributed by atoms with E-state index in [9.17, 15) is 18.3 Å². The molecule has 0 bridgehead atoms. The van der Waals surface area contributed by atoms with E-state index in [4.69, 9.17) is 13.7 Å². The summed E-state index contributed by atoms with van der Waals surface area (Å²) in [6.07, 6.45) is 1.04. The van der Waals surface area contributed by atoms with Gasteiger partial charge in [-0.2, -0.15) is 8.42 Å². The summed E-state index contributed by atoms with van der Waals surface area (Å²) in [5.41, 5.74) is 0.963. The molecule has 1 saturated carbocycles. The fraction of sp³-hybridized carbons (Fsp3) is 0.316. The highest BCUT2D eigenvalue weighted by atomic mass is 127. The number of halogens is 1. The largest absolute Gasteiger partial charge is 0.486 e. The Morgan fingerprint density at radius 1 is 1.18 bits per heavy atom. The summed E-state index contributed by atoms with van der Waals surface area (Å²) in [7, 11) is -4.32. The summed E-state index contributed by atoms with van der Waals surface area (Å²) in [4.78, 5) is 11.5. The highest BCUT2D eigenvalue weighted by Crippen LogP contribution is 2.50. The number of carboxylic acid groups (broad SMARTS) is 1. The number of hydrogen-bond acceptors (Lipinski definition) is 6. The van der Waals surface area contributed by atoms with Crippen LogP contribution in [-0.4, -0.2) is 31.9 Å². The molecular weight excluding hydrogens is 499 g/mol. The van der Waals surface area contributed by atoms with Crippen molar-refractivity contribution < 1.29 is 32.0 Å². The zero-order valence-corrected chi connectivity index (χ0v) is 17.6. The SMILES string of the molecule is O=C(O)C(Oc1cccc2c1OC1CCCC21)OS(=O)(=O)c1ccc(I)cc1. The first-order valence-electron chi connectivity index (χ1n) is 8.73. The molecule has 2 aromatic carbocycles. The van der Waals surface area contributed by atoms with Crippen LogP contribution in [0.3, 0.4) is 0 Å². The van der Waals surface area contributed by atoms with Crippen LogP contribution in [0.2, 0.25) is 0 Å². The van der Waals surface area contributed by atoms with Crippen molar-refractivity contribution in [2.24, 2.45) is 0 Å².